The van der Waals surface area contributed by atoms with Gasteiger partial charge in [0.15, 0.2) is 62.0 Å². The molecule has 0 spiro atoms. The molecule has 0 saturated carbocycles. The fourth-order valence-electron chi connectivity index (χ4n) is 12.8. The van der Waals surface area contributed by atoms with Gasteiger partial charge in [-0.05, 0) is 60.3 Å². The normalized spacial score (nSPS) is 39.7. The minimum absolute atomic E-state index is 0.0608. The second kappa shape index (κ2) is 40.4. The predicted octanol–water partition coefficient (Wildman–Crippen LogP) is 3.21. The molecule has 6 heterocycles. The van der Waals surface area contributed by atoms with Crippen molar-refractivity contribution in [1.82, 2.24) is 0 Å². The lowest BCUT2D eigenvalue weighted by Crippen LogP contribution is -2.68. The number of carbonyl (C=O) groups excluding carboxylic acids is 4. The molecule has 6 fully saturated rings. The number of rotatable bonds is 28. The number of hydrogen-bond acceptors (Lipinski definition) is 28. The van der Waals surface area contributed by atoms with E-state index >= 15 is 0 Å². The van der Waals surface area contributed by atoms with E-state index in [0.717, 1.165) is 103 Å². The number of aliphatic hydroxyl groups is 10. The van der Waals surface area contributed by atoms with Crippen LogP contribution in [-0.2, 0) is 85.5 Å². The number of carbonyl (C=O) groups is 4. The van der Waals surface area contributed by atoms with Gasteiger partial charge in [0.05, 0.1) is 49.7 Å². The largest absolute Gasteiger partial charge is 0.456 e. The van der Waals surface area contributed by atoms with Gasteiger partial charge >= 0.3 is 23.9 Å². The van der Waals surface area contributed by atoms with Gasteiger partial charge in [0, 0.05) is 19.3 Å². The van der Waals surface area contributed by atoms with Crippen molar-refractivity contribution in [3.8, 4) is 0 Å². The summed E-state index contributed by atoms with van der Waals surface area (Å²) in [7, 11) is 0. The van der Waals surface area contributed by atoms with Gasteiger partial charge in [0.2, 0.25) is 0 Å². The van der Waals surface area contributed by atoms with Crippen LogP contribution in [0.1, 0.15) is 209 Å². The summed E-state index contributed by atoms with van der Waals surface area (Å²) >= 11 is 0. The van der Waals surface area contributed by atoms with Crippen molar-refractivity contribution in [2.24, 2.45) is 5.92 Å². The van der Waals surface area contributed by atoms with E-state index in [4.69, 9.17) is 66.3 Å². The van der Waals surface area contributed by atoms with E-state index in [0.29, 0.717) is 32.1 Å². The Morgan fingerprint density at radius 3 is 1.63 bits per heavy atom. The van der Waals surface area contributed by atoms with Gasteiger partial charge in [0.1, 0.15) is 73.2 Å². The predicted molar refractivity (Wildman–Crippen MR) is 329 cm³/mol. The van der Waals surface area contributed by atoms with Gasteiger partial charge < -0.3 is 117 Å². The third-order valence-electron chi connectivity index (χ3n) is 18.9. The van der Waals surface area contributed by atoms with Crippen molar-refractivity contribution in [3.05, 3.63) is 0 Å². The van der Waals surface area contributed by atoms with Gasteiger partial charge in [0.25, 0.3) is 0 Å². The number of fused-ring (bicyclic) bond motifs is 2. The monoisotopic (exact) mass is 1350 g/mol. The molecule has 28 atom stereocenters. The number of hydrogen-bond donors (Lipinski definition) is 10. The molecule has 0 aromatic heterocycles. The van der Waals surface area contributed by atoms with Crippen LogP contribution in [0, 0.1) is 5.92 Å². The van der Waals surface area contributed by atoms with Crippen molar-refractivity contribution in [3.63, 3.8) is 0 Å². The maximum Gasteiger partial charge on any atom is 0.311 e. The zero-order chi connectivity index (χ0) is 68.8. The van der Waals surface area contributed by atoms with E-state index in [2.05, 4.69) is 13.8 Å². The van der Waals surface area contributed by atoms with Gasteiger partial charge in [-0.3, -0.25) is 19.2 Å². The Hall–Kier alpha value is -2.92. The van der Waals surface area contributed by atoms with Crippen molar-refractivity contribution in [2.45, 2.75) is 375 Å². The SMILES string of the molecule is CCCCCCCCCCCC(=O)O[C@H]1[C@H](O[C@@H]2[C@@H](O)[C@H]3OC(=O)CCCCCCCCCC(CCCCC)O[C@@H]4O[C@H](CO)[C@@H](O)[C@H](O)[C@H]4O[C@H]3O[C@H]2C)O[C@@H](C)[C@H](O[C@@H]2O[C@@H](C)[C@H](OC(=O)CC)[C@@H](OC(=O)C(C)C(C)O)[C@H]2O[C@@H]2O[C@H](CO)[C@@H](O)[C@H](O)[C@H]2O)[C@H]1O. The quantitative estimate of drug-likeness (QED) is 0.0305. The third-order valence-corrected chi connectivity index (χ3v) is 18.9. The van der Waals surface area contributed by atoms with E-state index in [1.807, 2.05) is 0 Å². The van der Waals surface area contributed by atoms with Gasteiger partial charge in [-0.2, -0.15) is 0 Å². The number of aliphatic hydroxyl groups excluding tert-OH is 10. The van der Waals surface area contributed by atoms with Crippen LogP contribution in [0.5, 0.6) is 0 Å². The standard InChI is InChI=1S/C66H114O28/c1-9-12-14-15-16-17-20-23-27-31-44(71)88-57-52(79)54(92-66-60(94-62-50(77)48(75)46(73)41(33-67)85-62)59(90-61(80)35(4)36(5)69)55(39(8)83-66)87-43(70)11-3)38(7)81-63(57)91-53-37(6)82-64-58(51(53)78)89-45(72)32-28-24-21-18-19-22-26-30-40(29-25-13-10-2)84-65-56(93-64)49(76)47(74)42(34-68)86-65/h35-42,46-60,62-69,73-79H,9-34H2,1-8H3/t35?,36?,37-,38-,39-,40?,41+,42+,46+,47+,48-,49-,50+,51+,52+,53-,54-,55-,56+,57+,58+,59+,60+,62-,63-,64+,65+,66-/m0/s1. The number of ether oxygens (including phenoxy) is 14. The van der Waals surface area contributed by atoms with Gasteiger partial charge in [-0.15, -0.1) is 0 Å². The van der Waals surface area contributed by atoms with Gasteiger partial charge in [-0.25, -0.2) is 0 Å². The minimum atomic E-state index is -2.05. The molecule has 3 unspecified atom stereocenters. The molecule has 0 aliphatic carbocycles. The second-order valence-corrected chi connectivity index (χ2v) is 26.4. The smallest absolute Gasteiger partial charge is 0.311 e. The van der Waals surface area contributed by atoms with E-state index in [9.17, 15) is 70.2 Å². The molecule has 6 saturated heterocycles. The van der Waals surface area contributed by atoms with Crippen molar-refractivity contribution in [1.29, 1.82) is 0 Å². The summed E-state index contributed by atoms with van der Waals surface area (Å²) < 4.78 is 87.7. The molecular formula is C66H114O28. The molecule has 546 valence electrons. The van der Waals surface area contributed by atoms with Crippen LogP contribution in [0.15, 0.2) is 0 Å². The maximum absolute atomic E-state index is 14.1. The Bertz CT molecular complexity index is 2200. The van der Waals surface area contributed by atoms with E-state index < -0.39 is 203 Å². The first-order chi connectivity index (χ1) is 45.0. The van der Waals surface area contributed by atoms with Gasteiger partial charge in [-0.1, -0.05) is 130 Å². The average Bonchev–Trinajstić information content (AvgIpc) is 0.778. The highest BCUT2D eigenvalue weighted by molar-refractivity contribution is 5.73. The first kappa shape index (κ1) is 80.1. The summed E-state index contributed by atoms with van der Waals surface area (Å²) in [6.45, 7) is 11.3. The summed E-state index contributed by atoms with van der Waals surface area (Å²) in [5.41, 5.74) is 0. The Balaban J connectivity index is 1.34. The number of esters is 4. The van der Waals surface area contributed by atoms with Crippen molar-refractivity contribution < 1.29 is 137 Å². The molecule has 28 heteroatoms. The minimum Gasteiger partial charge on any atom is -0.456 e. The molecule has 6 aliphatic heterocycles. The summed E-state index contributed by atoms with van der Waals surface area (Å²) in [6, 6.07) is 0. The Morgan fingerprint density at radius 2 is 1.00 bits per heavy atom. The molecule has 10 N–H and O–H groups in total. The topological polar surface area (TPSA) is 400 Å². The van der Waals surface area contributed by atoms with E-state index in [1.54, 1.807) is 0 Å². The van der Waals surface area contributed by atoms with Crippen molar-refractivity contribution in [2.75, 3.05) is 13.2 Å². The van der Waals surface area contributed by atoms with Crippen LogP contribution in [0.2, 0.25) is 0 Å². The fraction of sp³-hybridized carbons (Fsp3) is 0.939. The molecule has 0 aromatic rings. The van der Waals surface area contributed by atoms with E-state index in [1.165, 1.54) is 41.5 Å². The zero-order valence-corrected chi connectivity index (χ0v) is 56.4. The molecule has 6 aliphatic rings. The lowest BCUT2D eigenvalue weighted by atomic mass is 9.95. The molecule has 0 bridgehead atoms. The van der Waals surface area contributed by atoms with Crippen LogP contribution < -0.4 is 0 Å². The Morgan fingerprint density at radius 1 is 0.479 bits per heavy atom. The summed E-state index contributed by atoms with van der Waals surface area (Å²) in [4.78, 5) is 54.9. The third kappa shape index (κ3) is 22.5. The molecule has 0 amide bonds. The molecule has 0 radical (unpaired) electrons. The second-order valence-electron chi connectivity index (χ2n) is 26.4. The van der Waals surface area contributed by atoms with Crippen LogP contribution >= 0.6 is 0 Å². The lowest BCUT2D eigenvalue weighted by Gasteiger charge is -2.50. The summed E-state index contributed by atoms with van der Waals surface area (Å²) in [6.07, 6.45) is -25.6. The van der Waals surface area contributed by atoms with Crippen LogP contribution in [0.3, 0.4) is 0 Å². The lowest BCUT2D eigenvalue weighted by molar-refractivity contribution is -0.396. The Kier molecular flexibility index (Phi) is 34.4. The maximum atomic E-state index is 14.1. The van der Waals surface area contributed by atoms with Crippen LogP contribution in [0.4, 0.5) is 0 Å². The van der Waals surface area contributed by atoms with Crippen LogP contribution in [-0.4, -0.2) is 254 Å². The van der Waals surface area contributed by atoms with Crippen molar-refractivity contribution >= 4 is 23.9 Å². The highest BCUT2D eigenvalue weighted by Gasteiger charge is 2.59. The first-order valence-electron chi connectivity index (χ1n) is 35.0. The highest BCUT2D eigenvalue weighted by Crippen LogP contribution is 2.40. The fourth-order valence-corrected chi connectivity index (χ4v) is 12.8. The Labute approximate surface area is 553 Å². The molecule has 6 rings (SSSR count). The molecule has 28 nitrogen and oxygen atoms in total. The zero-order valence-electron chi connectivity index (χ0n) is 56.4. The summed E-state index contributed by atoms with van der Waals surface area (Å²) in [5, 5.41) is 112. The first-order valence-corrected chi connectivity index (χ1v) is 35.0. The molecule has 0 aromatic carbocycles. The molecule has 94 heavy (non-hydrogen) atoms. The number of unbranched alkanes of at least 4 members (excludes halogenated alkanes) is 10. The van der Waals surface area contributed by atoms with E-state index in [-0.39, 0.29) is 25.4 Å². The highest BCUT2D eigenvalue weighted by atomic mass is 16.8. The van der Waals surface area contributed by atoms with Crippen LogP contribution in [0.25, 0.3) is 0 Å². The molecular weight excluding hydrogens is 1240 g/mol. The summed E-state index contributed by atoms with van der Waals surface area (Å²) in [5.74, 6) is -4.51. The average molecular weight is 1360 g/mol.